The smallest absolute Gasteiger partial charge is 0.338 e. The normalized spacial score (nSPS) is 19.6. The highest BCUT2D eigenvalue weighted by Gasteiger charge is 2.17. The summed E-state index contributed by atoms with van der Waals surface area (Å²) in [6.07, 6.45) is 2.02. The first-order valence-electron chi connectivity index (χ1n) is 5.33. The van der Waals surface area contributed by atoms with Gasteiger partial charge in [-0.3, -0.25) is 0 Å². The molecule has 0 unspecified atom stereocenters. The summed E-state index contributed by atoms with van der Waals surface area (Å²) >= 11 is 0. The molecule has 0 radical (unpaired) electrons. The van der Waals surface area contributed by atoms with Crippen molar-refractivity contribution >= 4 is 5.97 Å². The first-order valence-corrected chi connectivity index (χ1v) is 5.33. The van der Waals surface area contributed by atoms with E-state index >= 15 is 0 Å². The molecule has 86 valence electrons. The van der Waals surface area contributed by atoms with Gasteiger partial charge in [-0.1, -0.05) is 0 Å². The van der Waals surface area contributed by atoms with Gasteiger partial charge in [0, 0.05) is 6.61 Å². The molecule has 1 atom stereocenters. The van der Waals surface area contributed by atoms with Crippen molar-refractivity contribution in [3.05, 3.63) is 29.8 Å². The van der Waals surface area contributed by atoms with Gasteiger partial charge in [-0.05, 0) is 37.1 Å². The van der Waals surface area contributed by atoms with Crippen LogP contribution < -0.4 is 0 Å². The van der Waals surface area contributed by atoms with Crippen LogP contribution in [0, 0.1) is 0 Å². The second kappa shape index (κ2) is 4.99. The molecule has 1 N–H and O–H groups in total. The van der Waals surface area contributed by atoms with Crippen molar-refractivity contribution in [2.45, 2.75) is 18.9 Å². The topological polar surface area (TPSA) is 55.8 Å². The summed E-state index contributed by atoms with van der Waals surface area (Å²) < 4.78 is 10.4. The van der Waals surface area contributed by atoms with Gasteiger partial charge in [0.1, 0.15) is 12.4 Å². The molecule has 1 fully saturated rings. The highest BCUT2D eigenvalue weighted by molar-refractivity contribution is 5.89. The van der Waals surface area contributed by atoms with Crippen molar-refractivity contribution < 1.29 is 19.4 Å². The summed E-state index contributed by atoms with van der Waals surface area (Å²) in [6, 6.07) is 5.99. The van der Waals surface area contributed by atoms with Crippen molar-refractivity contribution in [2.75, 3.05) is 13.2 Å². The Morgan fingerprint density at radius 1 is 1.44 bits per heavy atom. The number of hydrogen-bond acceptors (Lipinski definition) is 4. The molecule has 0 spiro atoms. The van der Waals surface area contributed by atoms with E-state index in [0.717, 1.165) is 19.4 Å². The lowest BCUT2D eigenvalue weighted by atomic mass is 10.2. The minimum atomic E-state index is -0.379. The summed E-state index contributed by atoms with van der Waals surface area (Å²) in [4.78, 5) is 11.6. The minimum absolute atomic E-state index is 0.0427. The summed E-state index contributed by atoms with van der Waals surface area (Å²) in [7, 11) is 0. The second-order valence-corrected chi connectivity index (χ2v) is 3.78. The number of phenols is 1. The van der Waals surface area contributed by atoms with Gasteiger partial charge in [0.15, 0.2) is 0 Å². The zero-order valence-corrected chi connectivity index (χ0v) is 8.89. The third-order valence-electron chi connectivity index (χ3n) is 2.53. The van der Waals surface area contributed by atoms with E-state index < -0.39 is 0 Å². The third kappa shape index (κ3) is 2.73. The third-order valence-corrected chi connectivity index (χ3v) is 2.53. The molecular formula is C12H14O4. The van der Waals surface area contributed by atoms with Crippen molar-refractivity contribution in [1.82, 2.24) is 0 Å². The molecule has 0 bridgehead atoms. The van der Waals surface area contributed by atoms with Crippen molar-refractivity contribution in [1.29, 1.82) is 0 Å². The monoisotopic (exact) mass is 222 g/mol. The van der Waals surface area contributed by atoms with Crippen molar-refractivity contribution in [2.24, 2.45) is 0 Å². The van der Waals surface area contributed by atoms with Crippen LogP contribution in [0.25, 0.3) is 0 Å². The SMILES string of the molecule is O=C(OC[C@@H]1CCCO1)c1ccc(O)cc1. The molecule has 0 saturated carbocycles. The Morgan fingerprint density at radius 2 is 2.19 bits per heavy atom. The predicted octanol–water partition coefficient (Wildman–Crippen LogP) is 1.73. The lowest BCUT2D eigenvalue weighted by Crippen LogP contribution is -2.17. The second-order valence-electron chi connectivity index (χ2n) is 3.78. The summed E-state index contributed by atoms with van der Waals surface area (Å²) in [5.74, 6) is -0.244. The summed E-state index contributed by atoms with van der Waals surface area (Å²) in [6.45, 7) is 1.06. The van der Waals surface area contributed by atoms with Crippen LogP contribution >= 0.6 is 0 Å². The molecule has 1 heterocycles. The number of hydrogen-bond donors (Lipinski definition) is 1. The van der Waals surface area contributed by atoms with Crippen LogP contribution in [0.1, 0.15) is 23.2 Å². The molecule has 0 aromatic heterocycles. The van der Waals surface area contributed by atoms with Crippen molar-refractivity contribution in [3.63, 3.8) is 0 Å². The van der Waals surface area contributed by atoms with Crippen LogP contribution in [0.2, 0.25) is 0 Å². The van der Waals surface area contributed by atoms with Crippen LogP contribution in [-0.4, -0.2) is 30.4 Å². The maximum Gasteiger partial charge on any atom is 0.338 e. The van der Waals surface area contributed by atoms with E-state index in [1.807, 2.05) is 0 Å². The number of carbonyl (C=O) groups is 1. The predicted molar refractivity (Wildman–Crippen MR) is 57.4 cm³/mol. The Kier molecular flexibility index (Phi) is 3.41. The zero-order valence-electron chi connectivity index (χ0n) is 8.89. The van der Waals surface area contributed by atoms with E-state index in [2.05, 4.69) is 0 Å². The fourth-order valence-corrected chi connectivity index (χ4v) is 1.63. The molecule has 16 heavy (non-hydrogen) atoms. The molecule has 1 aromatic rings. The molecule has 2 rings (SSSR count). The Balaban J connectivity index is 1.85. The summed E-state index contributed by atoms with van der Waals surface area (Å²) in [5.41, 5.74) is 0.441. The number of ether oxygens (including phenoxy) is 2. The van der Waals surface area contributed by atoms with Gasteiger partial charge in [-0.15, -0.1) is 0 Å². The Bertz CT molecular complexity index is 352. The molecule has 1 aromatic carbocycles. The number of carbonyl (C=O) groups excluding carboxylic acids is 1. The van der Waals surface area contributed by atoms with Gasteiger partial charge < -0.3 is 14.6 Å². The molecule has 0 amide bonds. The fraction of sp³-hybridized carbons (Fsp3) is 0.417. The lowest BCUT2D eigenvalue weighted by Gasteiger charge is -2.09. The quantitative estimate of drug-likeness (QED) is 0.791. The highest BCUT2D eigenvalue weighted by Crippen LogP contribution is 2.14. The zero-order chi connectivity index (χ0) is 11.4. The van der Waals surface area contributed by atoms with Crippen LogP contribution in [0.3, 0.4) is 0 Å². The van der Waals surface area contributed by atoms with E-state index in [1.165, 1.54) is 24.3 Å². The van der Waals surface area contributed by atoms with Crippen LogP contribution in [0.5, 0.6) is 5.75 Å². The number of esters is 1. The minimum Gasteiger partial charge on any atom is -0.508 e. The molecular weight excluding hydrogens is 208 g/mol. The Morgan fingerprint density at radius 3 is 2.81 bits per heavy atom. The van der Waals surface area contributed by atoms with Gasteiger partial charge in [0.2, 0.25) is 0 Å². The average Bonchev–Trinajstić information content (AvgIpc) is 2.80. The molecule has 4 nitrogen and oxygen atoms in total. The largest absolute Gasteiger partial charge is 0.508 e. The average molecular weight is 222 g/mol. The van der Waals surface area contributed by atoms with Crippen LogP contribution in [0.4, 0.5) is 0 Å². The maximum absolute atomic E-state index is 11.6. The first-order chi connectivity index (χ1) is 7.75. The highest BCUT2D eigenvalue weighted by atomic mass is 16.6. The number of rotatable bonds is 3. The van der Waals surface area contributed by atoms with Gasteiger partial charge in [0.25, 0.3) is 0 Å². The Labute approximate surface area is 93.8 Å². The molecule has 1 saturated heterocycles. The van der Waals surface area contributed by atoms with E-state index in [4.69, 9.17) is 14.6 Å². The molecule has 0 aliphatic carbocycles. The molecule has 1 aliphatic heterocycles. The van der Waals surface area contributed by atoms with E-state index in [1.54, 1.807) is 0 Å². The molecule has 4 heteroatoms. The van der Waals surface area contributed by atoms with Crippen LogP contribution in [-0.2, 0) is 9.47 Å². The van der Waals surface area contributed by atoms with Gasteiger partial charge >= 0.3 is 5.97 Å². The van der Waals surface area contributed by atoms with Gasteiger partial charge in [-0.2, -0.15) is 0 Å². The first kappa shape index (κ1) is 11.0. The van der Waals surface area contributed by atoms with Gasteiger partial charge in [-0.25, -0.2) is 4.79 Å². The van der Waals surface area contributed by atoms with Gasteiger partial charge in [0.05, 0.1) is 11.7 Å². The number of benzene rings is 1. The van der Waals surface area contributed by atoms with Crippen LogP contribution in [0.15, 0.2) is 24.3 Å². The Hall–Kier alpha value is -1.55. The van der Waals surface area contributed by atoms with E-state index in [0.29, 0.717) is 12.2 Å². The van der Waals surface area contributed by atoms with E-state index in [-0.39, 0.29) is 17.8 Å². The fourth-order valence-electron chi connectivity index (χ4n) is 1.63. The lowest BCUT2D eigenvalue weighted by molar-refractivity contribution is 0.0161. The standard InChI is InChI=1S/C12H14O4/c13-10-5-3-9(4-6-10)12(14)16-8-11-2-1-7-15-11/h3-6,11,13H,1-2,7-8H2/t11-/m0/s1. The molecule has 1 aliphatic rings. The maximum atomic E-state index is 11.6. The number of phenolic OH excluding ortho intramolecular Hbond substituents is 1. The van der Waals surface area contributed by atoms with Crippen molar-refractivity contribution in [3.8, 4) is 5.75 Å². The van der Waals surface area contributed by atoms with E-state index in [9.17, 15) is 4.79 Å². The number of aromatic hydroxyl groups is 1. The summed E-state index contributed by atoms with van der Waals surface area (Å²) in [5, 5.41) is 9.07.